The average molecular weight is 719 g/mol. The number of nitrogens with one attached hydrogen (secondary N) is 4. The highest BCUT2D eigenvalue weighted by Gasteiger charge is 2.45. The number of aromatic amines is 2. The maximum Gasteiger partial charge on any atom is 0.407 e. The van der Waals surface area contributed by atoms with Crippen LogP contribution in [0.15, 0.2) is 60.7 Å². The molecule has 5 aromatic rings. The molecule has 2 aromatic heterocycles. The third-order valence-corrected chi connectivity index (χ3v) is 10.9. The molecule has 0 spiro atoms. The van der Waals surface area contributed by atoms with Gasteiger partial charge in [-0.3, -0.25) is 9.59 Å². The van der Waals surface area contributed by atoms with Crippen molar-refractivity contribution in [3.63, 3.8) is 0 Å². The zero-order valence-corrected chi connectivity index (χ0v) is 29.8. The number of piperidine rings is 1. The van der Waals surface area contributed by atoms with Gasteiger partial charge < -0.3 is 39.9 Å². The van der Waals surface area contributed by atoms with Gasteiger partial charge in [0.1, 0.15) is 23.7 Å². The predicted molar refractivity (Wildman–Crippen MR) is 196 cm³/mol. The summed E-state index contributed by atoms with van der Waals surface area (Å²) in [6, 6.07) is 19.1. The smallest absolute Gasteiger partial charge is 0.407 e. The summed E-state index contributed by atoms with van der Waals surface area (Å²) in [6.45, 7) is 2.25. The second kappa shape index (κ2) is 13.9. The lowest BCUT2D eigenvalue weighted by Gasteiger charge is -2.37. The maximum absolute atomic E-state index is 13.4. The van der Waals surface area contributed by atoms with E-state index in [1.165, 1.54) is 14.2 Å². The first kappa shape index (κ1) is 34.2. The topological polar surface area (TPSA) is 175 Å². The van der Waals surface area contributed by atoms with Crippen molar-refractivity contribution in [1.29, 1.82) is 0 Å². The Morgan fingerprint density at radius 2 is 1.32 bits per heavy atom. The fourth-order valence-electron chi connectivity index (χ4n) is 8.22. The van der Waals surface area contributed by atoms with Gasteiger partial charge in [0, 0.05) is 12.6 Å². The number of carbonyl (C=O) groups is 4. The Hall–Kier alpha value is -5.92. The molecule has 3 aromatic carbocycles. The molecule has 14 nitrogen and oxygen atoms in total. The molecule has 0 radical (unpaired) electrons. The molecule has 274 valence electrons. The summed E-state index contributed by atoms with van der Waals surface area (Å²) in [5.41, 5.74) is 7.63. The summed E-state index contributed by atoms with van der Waals surface area (Å²) in [5, 5.41) is 5.26. The van der Waals surface area contributed by atoms with Crippen LogP contribution in [-0.4, -0.2) is 92.6 Å². The summed E-state index contributed by atoms with van der Waals surface area (Å²) in [4.78, 5) is 70.5. The number of amides is 4. The quantitative estimate of drug-likeness (QED) is 0.165. The molecule has 3 aliphatic heterocycles. The maximum atomic E-state index is 13.4. The molecule has 0 unspecified atom stereocenters. The summed E-state index contributed by atoms with van der Waals surface area (Å²) in [5.74, 6) is 1.24. The number of fused-ring (bicyclic) bond motifs is 3. The van der Waals surface area contributed by atoms with Gasteiger partial charge in [0.25, 0.3) is 0 Å². The number of methoxy groups -OCH3 is 2. The number of alkyl carbamates (subject to hydrolysis) is 2. The lowest BCUT2D eigenvalue weighted by atomic mass is 9.98. The van der Waals surface area contributed by atoms with E-state index in [1.54, 1.807) is 11.8 Å². The second-order valence-corrected chi connectivity index (χ2v) is 14.1. The van der Waals surface area contributed by atoms with E-state index in [4.69, 9.17) is 14.7 Å². The van der Waals surface area contributed by atoms with E-state index in [-0.39, 0.29) is 29.9 Å². The Morgan fingerprint density at radius 3 is 1.92 bits per heavy atom. The molecule has 4 amide bonds. The number of carbonyl (C=O) groups excluding carboxylic acids is 4. The average Bonchev–Trinajstić information content (AvgIpc) is 3.99. The third kappa shape index (κ3) is 6.42. The monoisotopic (exact) mass is 718 g/mol. The van der Waals surface area contributed by atoms with E-state index in [1.807, 2.05) is 17.0 Å². The van der Waals surface area contributed by atoms with Crippen LogP contribution in [-0.2, 0) is 19.1 Å². The van der Waals surface area contributed by atoms with Crippen molar-refractivity contribution >= 4 is 46.1 Å². The van der Waals surface area contributed by atoms with E-state index < -0.39 is 24.3 Å². The van der Waals surface area contributed by atoms with E-state index in [0.29, 0.717) is 13.0 Å². The Morgan fingerprint density at radius 1 is 0.755 bits per heavy atom. The van der Waals surface area contributed by atoms with Gasteiger partial charge in [-0.1, -0.05) is 36.4 Å². The van der Waals surface area contributed by atoms with Gasteiger partial charge in [-0.05, 0) is 92.0 Å². The molecule has 53 heavy (non-hydrogen) atoms. The lowest BCUT2D eigenvalue weighted by Crippen LogP contribution is -2.54. The van der Waals surface area contributed by atoms with E-state index in [9.17, 15) is 19.2 Å². The van der Waals surface area contributed by atoms with Crippen molar-refractivity contribution in [3.05, 3.63) is 72.3 Å². The molecule has 5 atom stereocenters. The Bertz CT molecular complexity index is 2210. The molecule has 0 aliphatic carbocycles. The molecule has 4 N–H and O–H groups in total. The van der Waals surface area contributed by atoms with Crippen molar-refractivity contribution < 1.29 is 28.7 Å². The molecule has 14 heteroatoms. The number of ether oxygens (including phenoxy) is 2. The first-order valence-corrected chi connectivity index (χ1v) is 18.1. The fourth-order valence-corrected chi connectivity index (χ4v) is 8.22. The van der Waals surface area contributed by atoms with Crippen LogP contribution in [0.5, 0.6) is 0 Å². The highest BCUT2D eigenvalue weighted by molar-refractivity contribution is 5.88. The van der Waals surface area contributed by atoms with Gasteiger partial charge in [-0.2, -0.15) is 0 Å². The molecule has 0 saturated carbocycles. The van der Waals surface area contributed by atoms with Crippen LogP contribution in [0.25, 0.3) is 44.3 Å². The van der Waals surface area contributed by atoms with E-state index >= 15 is 0 Å². The van der Waals surface area contributed by atoms with Crippen LogP contribution in [0.4, 0.5) is 9.59 Å². The van der Waals surface area contributed by atoms with Gasteiger partial charge in [0.15, 0.2) is 0 Å². The van der Waals surface area contributed by atoms with E-state index in [2.05, 4.69) is 73.9 Å². The number of hydrogen-bond donors (Lipinski definition) is 4. The number of H-pyrrole nitrogens is 2. The number of nitrogens with zero attached hydrogens (tertiary/aromatic N) is 4. The number of aromatic nitrogens is 4. The molecule has 8 rings (SSSR count). The number of benzene rings is 3. The number of imidazole rings is 2. The largest absolute Gasteiger partial charge is 0.453 e. The number of rotatable bonds is 7. The zero-order valence-electron chi connectivity index (χ0n) is 29.8. The Kier molecular flexibility index (Phi) is 8.96. The normalized spacial score (nSPS) is 21.8. The molecule has 3 aliphatic rings. The minimum Gasteiger partial charge on any atom is -0.453 e. The molecule has 3 saturated heterocycles. The predicted octanol–water partition coefficient (Wildman–Crippen LogP) is 5.73. The summed E-state index contributed by atoms with van der Waals surface area (Å²) in [7, 11) is 2.57. The van der Waals surface area contributed by atoms with Crippen LogP contribution >= 0.6 is 0 Å². The SMILES string of the molecule is COC(=O)N[C@@H](C)C(=O)N1CCC[C@H]1c1nc2ccc(-c3ccc(-c4ccc5nc([C@@H]6CC[C@@H]7CC[C@H](NC(=O)OC)C(=O)N76)[nH]c5c4)cc3)cc2[nH]1. The van der Waals surface area contributed by atoms with Gasteiger partial charge in [0.05, 0.1) is 48.4 Å². The first-order valence-electron chi connectivity index (χ1n) is 18.1. The summed E-state index contributed by atoms with van der Waals surface area (Å²) in [6.07, 6.45) is 3.55. The molecular formula is C39H42N8O6. The summed E-state index contributed by atoms with van der Waals surface area (Å²) < 4.78 is 9.39. The lowest BCUT2D eigenvalue weighted by molar-refractivity contribution is -0.139. The van der Waals surface area contributed by atoms with Crippen molar-refractivity contribution in [2.75, 3.05) is 20.8 Å². The Labute approximate surface area is 305 Å². The molecule has 3 fully saturated rings. The van der Waals surface area contributed by atoms with Crippen LogP contribution in [0.1, 0.15) is 69.2 Å². The van der Waals surface area contributed by atoms with Crippen LogP contribution in [0.3, 0.4) is 0 Å². The second-order valence-electron chi connectivity index (χ2n) is 14.1. The van der Waals surface area contributed by atoms with Gasteiger partial charge in [-0.25, -0.2) is 19.6 Å². The van der Waals surface area contributed by atoms with Crippen molar-refractivity contribution in [1.82, 2.24) is 40.4 Å². The minimum atomic E-state index is -0.708. The highest BCUT2D eigenvalue weighted by atomic mass is 16.5. The summed E-state index contributed by atoms with van der Waals surface area (Å²) >= 11 is 0. The van der Waals surface area contributed by atoms with Gasteiger partial charge in [0.2, 0.25) is 11.8 Å². The molecule has 0 bridgehead atoms. The minimum absolute atomic E-state index is 0.0871. The van der Waals surface area contributed by atoms with Crippen molar-refractivity contribution in [2.24, 2.45) is 0 Å². The zero-order chi connectivity index (χ0) is 36.8. The number of hydrogen-bond acceptors (Lipinski definition) is 8. The van der Waals surface area contributed by atoms with Gasteiger partial charge >= 0.3 is 12.2 Å². The van der Waals surface area contributed by atoms with E-state index in [0.717, 1.165) is 88.1 Å². The standard InChI is InChI=1S/C39H42N8O6/c1-21(40-38(50)52-2)36(48)46-18-4-5-32(46)34-41-27-14-10-24(19-30(27)43-34)22-6-8-23(9-7-22)25-11-15-28-31(20-25)44-35(42-28)33-17-13-26-12-16-29(37(49)47(26)33)45-39(51)53-3/h6-11,14-15,19-21,26,29,32-33H,4-5,12-13,16-18H2,1-3H3,(H,40,50)(H,41,43)(H,42,44)(H,45,51)/t21-,26-,29-,32-,33-/m0/s1. The van der Waals surface area contributed by atoms with Crippen molar-refractivity contribution in [2.45, 2.75) is 75.7 Å². The van der Waals surface area contributed by atoms with Crippen molar-refractivity contribution in [3.8, 4) is 22.3 Å². The Balaban J connectivity index is 0.975. The van der Waals surface area contributed by atoms with Crippen LogP contribution < -0.4 is 10.6 Å². The van der Waals surface area contributed by atoms with Crippen LogP contribution in [0.2, 0.25) is 0 Å². The molecular weight excluding hydrogens is 676 g/mol. The van der Waals surface area contributed by atoms with Crippen LogP contribution in [0, 0.1) is 0 Å². The third-order valence-electron chi connectivity index (χ3n) is 10.9. The first-order chi connectivity index (χ1) is 25.7. The number of likely N-dealkylation sites (tertiary alicyclic amines) is 1. The molecule has 5 heterocycles. The van der Waals surface area contributed by atoms with Gasteiger partial charge in [-0.15, -0.1) is 0 Å². The highest BCUT2D eigenvalue weighted by Crippen LogP contribution is 2.41. The fraction of sp³-hybridized carbons (Fsp3) is 0.385.